The molecule has 0 fully saturated rings. The minimum atomic E-state index is 0.500. The van der Waals surface area contributed by atoms with Gasteiger partial charge < -0.3 is 9.73 Å². The van der Waals surface area contributed by atoms with Gasteiger partial charge >= 0.3 is 0 Å². The molecule has 0 aliphatic heterocycles. The highest BCUT2D eigenvalue weighted by Gasteiger charge is 2.14. The molecular formula is C17H25NO. The first kappa shape index (κ1) is 14.1. The highest BCUT2D eigenvalue weighted by Crippen LogP contribution is 2.31. The van der Waals surface area contributed by atoms with Gasteiger partial charge in [-0.2, -0.15) is 0 Å². The van der Waals surface area contributed by atoms with Crippen molar-refractivity contribution in [3.05, 3.63) is 35.1 Å². The molecule has 0 saturated carbocycles. The summed E-state index contributed by atoms with van der Waals surface area (Å²) in [6, 6.07) is 4.42. The Hall–Kier alpha value is -1.28. The van der Waals surface area contributed by atoms with Crippen LogP contribution in [0.4, 0.5) is 0 Å². The number of hydrogen-bond acceptors (Lipinski definition) is 2. The molecule has 1 heterocycles. The van der Waals surface area contributed by atoms with Gasteiger partial charge in [-0.25, -0.2) is 0 Å². The molecule has 1 aromatic heterocycles. The predicted molar refractivity (Wildman–Crippen MR) is 81.9 cm³/mol. The van der Waals surface area contributed by atoms with Crippen molar-refractivity contribution in [3.8, 4) is 0 Å². The second-order valence-corrected chi connectivity index (χ2v) is 5.59. The zero-order valence-electron chi connectivity index (χ0n) is 12.5. The van der Waals surface area contributed by atoms with Crippen molar-refractivity contribution in [2.75, 3.05) is 13.1 Å². The van der Waals surface area contributed by atoms with Gasteiger partial charge in [0.15, 0.2) is 0 Å². The molecule has 0 saturated heterocycles. The maximum atomic E-state index is 5.85. The summed E-state index contributed by atoms with van der Waals surface area (Å²) in [5.41, 5.74) is 5.05. The van der Waals surface area contributed by atoms with Crippen molar-refractivity contribution in [1.29, 1.82) is 0 Å². The van der Waals surface area contributed by atoms with Crippen molar-refractivity contribution in [1.82, 2.24) is 5.32 Å². The fraction of sp³-hybridized carbons (Fsp3) is 0.529. The highest BCUT2D eigenvalue weighted by atomic mass is 16.3. The molecule has 1 N–H and O–H groups in total. The molecule has 2 heteroatoms. The van der Waals surface area contributed by atoms with Crippen molar-refractivity contribution >= 4 is 11.0 Å². The molecule has 2 rings (SSSR count). The van der Waals surface area contributed by atoms with E-state index in [0.29, 0.717) is 5.92 Å². The SMILES string of the molecule is CCCNCCc1coc2c(C(C)C)ccc(C)c12. The predicted octanol–water partition coefficient (Wildman–Crippen LogP) is 4.41. The third-order valence-corrected chi connectivity index (χ3v) is 3.66. The van der Waals surface area contributed by atoms with Crippen LogP contribution in [0.3, 0.4) is 0 Å². The molecule has 0 bridgehead atoms. The second-order valence-electron chi connectivity index (χ2n) is 5.59. The Morgan fingerprint density at radius 1 is 1.21 bits per heavy atom. The first-order valence-electron chi connectivity index (χ1n) is 7.35. The Morgan fingerprint density at radius 3 is 2.68 bits per heavy atom. The fourth-order valence-corrected chi connectivity index (χ4v) is 2.58. The monoisotopic (exact) mass is 259 g/mol. The number of furan rings is 1. The molecule has 0 amide bonds. The third-order valence-electron chi connectivity index (χ3n) is 3.66. The molecular weight excluding hydrogens is 234 g/mol. The van der Waals surface area contributed by atoms with Crippen LogP contribution in [0.25, 0.3) is 11.0 Å². The Kier molecular flexibility index (Phi) is 4.65. The lowest BCUT2D eigenvalue weighted by Gasteiger charge is -2.08. The molecule has 0 unspecified atom stereocenters. The molecule has 2 nitrogen and oxygen atoms in total. The number of aryl methyl sites for hydroxylation is 1. The van der Waals surface area contributed by atoms with Crippen molar-refractivity contribution in [2.24, 2.45) is 0 Å². The van der Waals surface area contributed by atoms with Crippen LogP contribution in [0.5, 0.6) is 0 Å². The summed E-state index contributed by atoms with van der Waals surface area (Å²) >= 11 is 0. The van der Waals surface area contributed by atoms with E-state index in [1.807, 2.05) is 6.26 Å². The molecule has 2 aromatic rings. The second kappa shape index (κ2) is 6.25. The minimum absolute atomic E-state index is 0.500. The number of rotatable bonds is 6. The normalized spacial score (nSPS) is 11.6. The zero-order chi connectivity index (χ0) is 13.8. The van der Waals surface area contributed by atoms with Gasteiger partial charge in [-0.3, -0.25) is 0 Å². The average Bonchev–Trinajstić information content (AvgIpc) is 2.79. The smallest absolute Gasteiger partial charge is 0.137 e. The highest BCUT2D eigenvalue weighted by molar-refractivity contribution is 5.87. The first-order chi connectivity index (χ1) is 9.15. The van der Waals surface area contributed by atoms with Crippen LogP contribution in [0, 0.1) is 6.92 Å². The van der Waals surface area contributed by atoms with E-state index >= 15 is 0 Å². The van der Waals surface area contributed by atoms with E-state index < -0.39 is 0 Å². The van der Waals surface area contributed by atoms with Crippen molar-refractivity contribution in [2.45, 2.75) is 46.5 Å². The van der Waals surface area contributed by atoms with Gasteiger partial charge in [-0.05, 0) is 55.5 Å². The summed E-state index contributed by atoms with van der Waals surface area (Å²) in [4.78, 5) is 0. The van der Waals surface area contributed by atoms with Gasteiger partial charge in [-0.15, -0.1) is 0 Å². The van der Waals surface area contributed by atoms with Gasteiger partial charge in [0.25, 0.3) is 0 Å². The molecule has 1 aromatic carbocycles. The standard InChI is InChI=1S/C17H25NO/c1-5-9-18-10-8-14-11-19-17-15(12(2)3)7-6-13(4)16(14)17/h6-7,11-12,18H,5,8-10H2,1-4H3. The number of hydrogen-bond donors (Lipinski definition) is 1. The number of fused-ring (bicyclic) bond motifs is 1. The van der Waals surface area contributed by atoms with E-state index in [1.165, 1.54) is 28.5 Å². The van der Waals surface area contributed by atoms with Gasteiger partial charge in [-0.1, -0.05) is 32.9 Å². The largest absolute Gasteiger partial charge is 0.464 e. The quantitative estimate of drug-likeness (QED) is 0.777. The van der Waals surface area contributed by atoms with Crippen molar-refractivity contribution < 1.29 is 4.42 Å². The topological polar surface area (TPSA) is 25.2 Å². The van der Waals surface area contributed by atoms with E-state index in [2.05, 4.69) is 45.1 Å². The first-order valence-corrected chi connectivity index (χ1v) is 7.35. The van der Waals surface area contributed by atoms with Crippen LogP contribution in [-0.2, 0) is 6.42 Å². The summed E-state index contributed by atoms with van der Waals surface area (Å²) in [5, 5.41) is 4.78. The lowest BCUT2D eigenvalue weighted by Crippen LogP contribution is -2.17. The Bertz CT molecular complexity index is 539. The number of nitrogens with one attached hydrogen (secondary N) is 1. The molecule has 0 aliphatic carbocycles. The number of benzene rings is 1. The summed E-state index contributed by atoms with van der Waals surface area (Å²) in [5.74, 6) is 0.500. The summed E-state index contributed by atoms with van der Waals surface area (Å²) in [7, 11) is 0. The van der Waals surface area contributed by atoms with E-state index in [4.69, 9.17) is 4.42 Å². The maximum Gasteiger partial charge on any atom is 0.137 e. The summed E-state index contributed by atoms with van der Waals surface area (Å²) in [6.45, 7) is 10.9. The van der Waals surface area contributed by atoms with Crippen LogP contribution < -0.4 is 5.32 Å². The van der Waals surface area contributed by atoms with Crippen LogP contribution in [0.1, 0.15) is 49.8 Å². The van der Waals surface area contributed by atoms with Gasteiger partial charge in [0.1, 0.15) is 5.58 Å². The van der Waals surface area contributed by atoms with Crippen LogP contribution in [0.2, 0.25) is 0 Å². The minimum Gasteiger partial charge on any atom is -0.464 e. The van der Waals surface area contributed by atoms with Crippen LogP contribution in [0.15, 0.2) is 22.8 Å². The van der Waals surface area contributed by atoms with E-state index in [1.54, 1.807) is 0 Å². The zero-order valence-corrected chi connectivity index (χ0v) is 12.5. The molecule has 0 radical (unpaired) electrons. The van der Waals surface area contributed by atoms with Gasteiger partial charge in [0.2, 0.25) is 0 Å². The Labute approximate surface area is 116 Å². The van der Waals surface area contributed by atoms with E-state index in [-0.39, 0.29) is 0 Å². The van der Waals surface area contributed by atoms with E-state index in [9.17, 15) is 0 Å². The van der Waals surface area contributed by atoms with Gasteiger partial charge in [0, 0.05) is 5.39 Å². The lowest BCUT2D eigenvalue weighted by atomic mass is 9.96. The average molecular weight is 259 g/mol. The van der Waals surface area contributed by atoms with Crippen LogP contribution in [-0.4, -0.2) is 13.1 Å². The van der Waals surface area contributed by atoms with Crippen molar-refractivity contribution in [3.63, 3.8) is 0 Å². The van der Waals surface area contributed by atoms with Gasteiger partial charge in [0.05, 0.1) is 6.26 Å². The fourth-order valence-electron chi connectivity index (χ4n) is 2.58. The molecule has 0 spiro atoms. The summed E-state index contributed by atoms with van der Waals surface area (Å²) in [6.07, 6.45) is 4.16. The molecule has 104 valence electrons. The molecule has 19 heavy (non-hydrogen) atoms. The lowest BCUT2D eigenvalue weighted by molar-refractivity contribution is 0.598. The Morgan fingerprint density at radius 2 is 2.00 bits per heavy atom. The maximum absolute atomic E-state index is 5.85. The van der Waals surface area contributed by atoms with E-state index in [0.717, 1.165) is 25.1 Å². The Balaban J connectivity index is 2.28. The third kappa shape index (κ3) is 3.01. The molecule has 0 atom stereocenters. The van der Waals surface area contributed by atoms with Crippen LogP contribution >= 0.6 is 0 Å². The molecule has 0 aliphatic rings. The summed E-state index contributed by atoms with van der Waals surface area (Å²) < 4.78 is 5.85.